The first-order valence-corrected chi connectivity index (χ1v) is 6.81. The van der Waals surface area contributed by atoms with E-state index in [1.165, 1.54) is 0 Å². The number of H-pyrrole nitrogens is 1. The second-order valence-electron chi connectivity index (χ2n) is 3.61. The molecule has 0 radical (unpaired) electrons. The van der Waals surface area contributed by atoms with E-state index in [1.54, 1.807) is 17.5 Å². The molecule has 0 aliphatic carbocycles. The molecule has 2 aromatic rings. The lowest BCUT2D eigenvalue weighted by atomic mass is 10.1. The van der Waals surface area contributed by atoms with E-state index in [1.807, 2.05) is 18.4 Å². The maximum Gasteiger partial charge on any atom is 0.314 e. The maximum absolute atomic E-state index is 11.0. The number of carboxylic acids is 1. The van der Waals surface area contributed by atoms with Crippen molar-refractivity contribution in [3.05, 3.63) is 27.9 Å². The second-order valence-corrected chi connectivity index (χ2v) is 5.44. The van der Waals surface area contributed by atoms with Crippen LogP contribution in [0.15, 0.2) is 22.1 Å². The standard InChI is InChI=1S/C11H11BrN2O2S/c1-2-7(11(15)16)10-13-4-8(14-10)9-3-6(12)5-17-9/h3-5,7H,2H2,1H3,(H,13,14)(H,15,16). The van der Waals surface area contributed by atoms with Crippen molar-refractivity contribution >= 4 is 33.2 Å². The number of aliphatic carboxylic acids is 1. The number of hydrogen-bond acceptors (Lipinski definition) is 3. The topological polar surface area (TPSA) is 66.0 Å². The number of thiophene rings is 1. The minimum atomic E-state index is -0.847. The third kappa shape index (κ3) is 2.58. The van der Waals surface area contributed by atoms with Gasteiger partial charge >= 0.3 is 5.97 Å². The molecule has 2 aromatic heterocycles. The Morgan fingerprint density at radius 3 is 3.00 bits per heavy atom. The highest BCUT2D eigenvalue weighted by atomic mass is 79.9. The maximum atomic E-state index is 11.0. The lowest BCUT2D eigenvalue weighted by molar-refractivity contribution is -0.139. The van der Waals surface area contributed by atoms with Gasteiger partial charge in [-0.05, 0) is 28.4 Å². The van der Waals surface area contributed by atoms with Crippen LogP contribution in [0.25, 0.3) is 10.6 Å². The molecule has 6 heteroatoms. The lowest BCUT2D eigenvalue weighted by Gasteiger charge is -2.04. The number of nitrogens with one attached hydrogen (secondary N) is 1. The highest BCUT2D eigenvalue weighted by Gasteiger charge is 2.21. The van der Waals surface area contributed by atoms with Gasteiger partial charge in [-0.25, -0.2) is 4.98 Å². The summed E-state index contributed by atoms with van der Waals surface area (Å²) in [5.41, 5.74) is 0.857. The van der Waals surface area contributed by atoms with Gasteiger partial charge in [0.05, 0.1) is 16.8 Å². The molecule has 2 N–H and O–H groups in total. The van der Waals surface area contributed by atoms with Crippen LogP contribution in [0.1, 0.15) is 25.1 Å². The molecular formula is C11H11BrN2O2S. The highest BCUT2D eigenvalue weighted by molar-refractivity contribution is 9.10. The van der Waals surface area contributed by atoms with Crippen LogP contribution in [0, 0.1) is 0 Å². The molecule has 0 aliphatic rings. The van der Waals surface area contributed by atoms with Crippen LogP contribution in [0.4, 0.5) is 0 Å². The van der Waals surface area contributed by atoms with Crippen LogP contribution < -0.4 is 0 Å². The van der Waals surface area contributed by atoms with E-state index in [-0.39, 0.29) is 0 Å². The van der Waals surface area contributed by atoms with E-state index in [9.17, 15) is 4.79 Å². The summed E-state index contributed by atoms with van der Waals surface area (Å²) in [6.45, 7) is 1.84. The number of carboxylic acid groups (broad SMARTS) is 1. The molecule has 17 heavy (non-hydrogen) atoms. The number of nitrogens with zero attached hydrogens (tertiary/aromatic N) is 1. The Bertz CT molecular complexity index is 535. The molecule has 0 spiro atoms. The summed E-state index contributed by atoms with van der Waals surface area (Å²) in [6, 6.07) is 1.98. The second kappa shape index (κ2) is 5.01. The van der Waals surface area contributed by atoms with Gasteiger partial charge < -0.3 is 10.1 Å². The number of imidazole rings is 1. The number of carbonyl (C=O) groups is 1. The third-order valence-corrected chi connectivity index (χ3v) is 4.19. The molecule has 2 rings (SSSR count). The minimum Gasteiger partial charge on any atom is -0.481 e. The Morgan fingerprint density at radius 2 is 2.47 bits per heavy atom. The Kier molecular flexibility index (Phi) is 3.63. The number of aromatic nitrogens is 2. The van der Waals surface area contributed by atoms with E-state index >= 15 is 0 Å². The van der Waals surface area contributed by atoms with Crippen molar-refractivity contribution in [2.45, 2.75) is 19.3 Å². The Balaban J connectivity index is 2.29. The zero-order chi connectivity index (χ0) is 12.4. The molecular weight excluding hydrogens is 304 g/mol. The fraction of sp³-hybridized carbons (Fsp3) is 0.273. The third-order valence-electron chi connectivity index (χ3n) is 2.46. The summed E-state index contributed by atoms with van der Waals surface area (Å²) >= 11 is 4.96. The first-order valence-electron chi connectivity index (χ1n) is 5.14. The average Bonchev–Trinajstić information content (AvgIpc) is 2.87. The van der Waals surface area contributed by atoms with Crippen molar-refractivity contribution < 1.29 is 9.90 Å². The van der Waals surface area contributed by atoms with Crippen molar-refractivity contribution in [3.8, 4) is 10.6 Å². The molecule has 4 nitrogen and oxygen atoms in total. The molecule has 0 fully saturated rings. The van der Waals surface area contributed by atoms with E-state index in [0.717, 1.165) is 15.0 Å². The normalized spacial score (nSPS) is 12.6. The van der Waals surface area contributed by atoms with Crippen molar-refractivity contribution in [2.75, 3.05) is 0 Å². The van der Waals surface area contributed by atoms with E-state index in [2.05, 4.69) is 25.9 Å². The Hall–Kier alpha value is -1.14. The first-order chi connectivity index (χ1) is 8.11. The van der Waals surface area contributed by atoms with Gasteiger partial charge in [-0.15, -0.1) is 11.3 Å². The predicted octanol–water partition coefficient (Wildman–Crippen LogP) is 3.48. The van der Waals surface area contributed by atoms with E-state index < -0.39 is 11.9 Å². The van der Waals surface area contributed by atoms with E-state index in [0.29, 0.717) is 12.2 Å². The van der Waals surface area contributed by atoms with Gasteiger partial charge in [-0.2, -0.15) is 0 Å². The van der Waals surface area contributed by atoms with Crippen LogP contribution in [0.5, 0.6) is 0 Å². The summed E-state index contributed by atoms with van der Waals surface area (Å²) < 4.78 is 1.01. The molecule has 0 saturated heterocycles. The Morgan fingerprint density at radius 1 is 1.71 bits per heavy atom. The lowest BCUT2D eigenvalue weighted by Crippen LogP contribution is -2.11. The summed E-state index contributed by atoms with van der Waals surface area (Å²) in [5, 5.41) is 11.0. The molecule has 2 heterocycles. The quantitative estimate of drug-likeness (QED) is 0.908. The van der Waals surface area contributed by atoms with Gasteiger partial charge in [0, 0.05) is 9.85 Å². The van der Waals surface area contributed by atoms with Gasteiger partial charge in [-0.1, -0.05) is 6.92 Å². The van der Waals surface area contributed by atoms with Crippen LogP contribution in [0.3, 0.4) is 0 Å². The highest BCUT2D eigenvalue weighted by Crippen LogP contribution is 2.29. The monoisotopic (exact) mass is 314 g/mol. The molecule has 1 atom stereocenters. The van der Waals surface area contributed by atoms with Gasteiger partial charge in [0.1, 0.15) is 11.7 Å². The smallest absolute Gasteiger partial charge is 0.314 e. The summed E-state index contributed by atoms with van der Waals surface area (Å²) in [5.74, 6) is -0.896. The van der Waals surface area contributed by atoms with Crippen LogP contribution in [-0.2, 0) is 4.79 Å². The fourth-order valence-corrected chi connectivity index (χ4v) is 2.97. The average molecular weight is 315 g/mol. The zero-order valence-corrected chi connectivity index (χ0v) is 11.5. The minimum absolute atomic E-state index is 0.513. The van der Waals surface area contributed by atoms with Gasteiger partial charge in [-0.3, -0.25) is 4.79 Å². The first kappa shape index (κ1) is 12.3. The SMILES string of the molecule is CCC(C(=O)O)c1ncc(-c2cc(Br)cs2)[nH]1. The molecule has 0 aromatic carbocycles. The molecule has 1 unspecified atom stereocenters. The molecule has 0 amide bonds. The largest absolute Gasteiger partial charge is 0.481 e. The van der Waals surface area contributed by atoms with Gasteiger partial charge in [0.25, 0.3) is 0 Å². The van der Waals surface area contributed by atoms with Crippen molar-refractivity contribution in [1.29, 1.82) is 0 Å². The zero-order valence-electron chi connectivity index (χ0n) is 9.11. The van der Waals surface area contributed by atoms with Crippen molar-refractivity contribution in [3.63, 3.8) is 0 Å². The fourth-order valence-electron chi connectivity index (χ4n) is 1.58. The number of halogens is 1. The molecule has 0 aliphatic heterocycles. The summed E-state index contributed by atoms with van der Waals surface area (Å²) in [4.78, 5) is 19.3. The molecule has 90 valence electrons. The van der Waals surface area contributed by atoms with E-state index in [4.69, 9.17) is 5.11 Å². The van der Waals surface area contributed by atoms with Crippen LogP contribution in [0.2, 0.25) is 0 Å². The van der Waals surface area contributed by atoms with Gasteiger partial charge in [0.2, 0.25) is 0 Å². The Labute approximate surface area is 111 Å². The number of rotatable bonds is 4. The molecule has 0 saturated carbocycles. The number of hydrogen-bond donors (Lipinski definition) is 2. The van der Waals surface area contributed by atoms with Crippen molar-refractivity contribution in [2.24, 2.45) is 0 Å². The summed E-state index contributed by atoms with van der Waals surface area (Å²) in [6.07, 6.45) is 2.20. The van der Waals surface area contributed by atoms with Crippen LogP contribution in [-0.4, -0.2) is 21.0 Å². The van der Waals surface area contributed by atoms with Crippen molar-refractivity contribution in [1.82, 2.24) is 9.97 Å². The summed E-state index contributed by atoms with van der Waals surface area (Å²) in [7, 11) is 0. The van der Waals surface area contributed by atoms with Crippen LogP contribution >= 0.6 is 27.3 Å². The molecule has 0 bridgehead atoms. The van der Waals surface area contributed by atoms with Gasteiger partial charge in [0.15, 0.2) is 0 Å². The predicted molar refractivity (Wildman–Crippen MR) is 70.3 cm³/mol. The number of aromatic amines is 1.